The molecule has 0 bridgehead atoms. The van der Waals surface area contributed by atoms with Gasteiger partial charge in [0, 0.05) is 6.42 Å². The minimum atomic E-state index is -1.24. The highest BCUT2D eigenvalue weighted by Gasteiger charge is 2.56. The standard InChI is InChI=1S/C28H44OSi/c1-20(9-7-8-18-30(4,5)6)24-12-13-25-23-11-10-21-19-22(29)14-16-27(21,2)26(23)15-17-28(24,25)3/h10-11,20,22,24-26,29H,7,9,12-17,19H2,1-6H3. The van der Waals surface area contributed by atoms with Crippen LogP contribution in [0.5, 0.6) is 0 Å². The second kappa shape index (κ2) is 7.97. The summed E-state index contributed by atoms with van der Waals surface area (Å²) in [5.74, 6) is 6.65. The molecule has 2 heteroatoms. The second-order valence-corrected chi connectivity index (χ2v) is 17.3. The minimum Gasteiger partial charge on any atom is -0.393 e. The zero-order valence-corrected chi connectivity index (χ0v) is 21.4. The molecule has 166 valence electrons. The van der Waals surface area contributed by atoms with Crippen molar-refractivity contribution in [3.8, 4) is 11.5 Å². The van der Waals surface area contributed by atoms with Crippen LogP contribution in [0.4, 0.5) is 0 Å². The first-order valence-corrected chi connectivity index (χ1v) is 16.1. The van der Waals surface area contributed by atoms with Gasteiger partial charge < -0.3 is 5.11 Å². The van der Waals surface area contributed by atoms with Crippen LogP contribution in [-0.4, -0.2) is 19.3 Å². The Hall–Kier alpha value is -0.783. The molecule has 3 fully saturated rings. The van der Waals surface area contributed by atoms with Crippen molar-refractivity contribution < 1.29 is 5.11 Å². The van der Waals surface area contributed by atoms with Crippen molar-refractivity contribution >= 4 is 8.07 Å². The summed E-state index contributed by atoms with van der Waals surface area (Å²) in [5, 5.41) is 10.2. The van der Waals surface area contributed by atoms with Crippen molar-refractivity contribution in [2.45, 2.75) is 104 Å². The summed E-state index contributed by atoms with van der Waals surface area (Å²) in [4.78, 5) is 0. The molecule has 0 aromatic rings. The number of hydrogen-bond acceptors (Lipinski definition) is 1. The van der Waals surface area contributed by atoms with Crippen molar-refractivity contribution in [2.75, 3.05) is 0 Å². The van der Waals surface area contributed by atoms with Crippen molar-refractivity contribution in [1.82, 2.24) is 0 Å². The lowest BCUT2D eigenvalue weighted by atomic mass is 9.50. The fourth-order valence-corrected chi connectivity index (χ4v) is 8.44. The summed E-state index contributed by atoms with van der Waals surface area (Å²) in [6.45, 7) is 14.7. The summed E-state index contributed by atoms with van der Waals surface area (Å²) in [5.41, 5.74) is 7.65. The van der Waals surface area contributed by atoms with Crippen molar-refractivity contribution in [1.29, 1.82) is 0 Å². The average Bonchev–Trinajstić information content (AvgIpc) is 3.02. The average molecular weight is 425 g/mol. The van der Waals surface area contributed by atoms with Gasteiger partial charge in [0.2, 0.25) is 0 Å². The number of hydrogen-bond donors (Lipinski definition) is 1. The maximum absolute atomic E-state index is 10.2. The van der Waals surface area contributed by atoms with Crippen LogP contribution < -0.4 is 0 Å². The van der Waals surface area contributed by atoms with E-state index in [1.54, 1.807) is 5.57 Å². The van der Waals surface area contributed by atoms with Crippen LogP contribution in [-0.2, 0) is 0 Å². The molecule has 1 nitrogen and oxygen atoms in total. The first-order valence-electron chi connectivity index (χ1n) is 12.6. The van der Waals surface area contributed by atoms with Gasteiger partial charge in [-0.25, -0.2) is 0 Å². The predicted octanol–water partition coefficient (Wildman–Crippen LogP) is 7.14. The fourth-order valence-electron chi connectivity index (χ4n) is 7.79. The van der Waals surface area contributed by atoms with E-state index < -0.39 is 8.07 Å². The Morgan fingerprint density at radius 3 is 2.57 bits per heavy atom. The highest BCUT2D eigenvalue weighted by molar-refractivity contribution is 6.83. The zero-order chi connectivity index (χ0) is 21.7. The molecule has 0 saturated heterocycles. The molecule has 4 aliphatic carbocycles. The number of rotatable bonds is 3. The topological polar surface area (TPSA) is 20.2 Å². The Balaban J connectivity index is 1.50. The number of aliphatic hydroxyl groups excluding tert-OH is 1. The van der Waals surface area contributed by atoms with E-state index in [0.717, 1.165) is 42.9 Å². The maximum Gasteiger partial charge on any atom is 0.129 e. The second-order valence-electron chi connectivity index (χ2n) is 12.6. The van der Waals surface area contributed by atoms with E-state index in [-0.39, 0.29) is 6.10 Å². The van der Waals surface area contributed by atoms with Gasteiger partial charge in [0.1, 0.15) is 8.07 Å². The third-order valence-electron chi connectivity index (χ3n) is 9.49. The number of fused-ring (bicyclic) bond motifs is 5. The van der Waals surface area contributed by atoms with E-state index in [9.17, 15) is 5.11 Å². The Morgan fingerprint density at radius 2 is 1.83 bits per heavy atom. The maximum atomic E-state index is 10.2. The largest absolute Gasteiger partial charge is 0.393 e. The molecule has 4 aliphatic rings. The fraction of sp³-hybridized carbons (Fsp3) is 0.786. The first-order chi connectivity index (χ1) is 14.0. The number of allylic oxidation sites excluding steroid dienone is 3. The first kappa shape index (κ1) is 22.4. The molecule has 0 spiro atoms. The highest BCUT2D eigenvalue weighted by Crippen LogP contribution is 2.66. The molecule has 0 aromatic heterocycles. The summed E-state index contributed by atoms with van der Waals surface area (Å²) < 4.78 is 0. The van der Waals surface area contributed by atoms with E-state index in [1.807, 2.05) is 0 Å². The molecule has 0 aromatic carbocycles. The molecule has 7 atom stereocenters. The Kier molecular flexibility index (Phi) is 5.95. The van der Waals surface area contributed by atoms with Gasteiger partial charge in [-0.15, -0.1) is 11.5 Å². The van der Waals surface area contributed by atoms with E-state index in [2.05, 4.69) is 64.0 Å². The number of aliphatic hydroxyl groups is 1. The molecule has 0 radical (unpaired) electrons. The van der Waals surface area contributed by atoms with E-state index in [4.69, 9.17) is 0 Å². The molecular formula is C28H44OSi. The lowest BCUT2D eigenvalue weighted by Crippen LogP contribution is -2.46. The third kappa shape index (κ3) is 3.90. The van der Waals surface area contributed by atoms with Crippen LogP contribution in [0.2, 0.25) is 19.6 Å². The molecule has 30 heavy (non-hydrogen) atoms. The SMILES string of the molecule is CC(CCC#C[Si](C)(C)C)C1CCC2C3=CC=C4CC(O)CCC4(C)C3CCC21C. The molecule has 7 unspecified atom stereocenters. The lowest BCUT2D eigenvalue weighted by molar-refractivity contribution is 0.0328. The molecule has 0 heterocycles. The monoisotopic (exact) mass is 424 g/mol. The summed E-state index contributed by atoms with van der Waals surface area (Å²) >= 11 is 0. The van der Waals surface area contributed by atoms with E-state index in [1.165, 1.54) is 44.1 Å². The van der Waals surface area contributed by atoms with Gasteiger partial charge >= 0.3 is 0 Å². The quantitative estimate of drug-likeness (QED) is 0.377. The highest BCUT2D eigenvalue weighted by atomic mass is 28.3. The van der Waals surface area contributed by atoms with Crippen LogP contribution in [0.3, 0.4) is 0 Å². The smallest absolute Gasteiger partial charge is 0.129 e. The van der Waals surface area contributed by atoms with Gasteiger partial charge in [-0.3, -0.25) is 0 Å². The summed E-state index contributed by atoms with van der Waals surface area (Å²) in [6.07, 6.45) is 15.7. The van der Waals surface area contributed by atoms with Gasteiger partial charge in [0.15, 0.2) is 0 Å². The van der Waals surface area contributed by atoms with Gasteiger partial charge in [-0.2, -0.15) is 0 Å². The molecular weight excluding hydrogens is 380 g/mol. The van der Waals surface area contributed by atoms with Crippen LogP contribution in [0.1, 0.15) is 78.6 Å². The third-order valence-corrected chi connectivity index (χ3v) is 10.4. The molecule has 0 aliphatic heterocycles. The van der Waals surface area contributed by atoms with Gasteiger partial charge in [0.05, 0.1) is 6.10 Å². The van der Waals surface area contributed by atoms with Crippen LogP contribution in [0, 0.1) is 46.0 Å². The van der Waals surface area contributed by atoms with Crippen molar-refractivity contribution in [3.63, 3.8) is 0 Å². The normalized spacial score (nSPS) is 41.4. The summed E-state index contributed by atoms with van der Waals surface area (Å²) in [6, 6.07) is 0. The molecule has 4 rings (SSSR count). The Bertz CT molecular complexity index is 790. The van der Waals surface area contributed by atoms with Gasteiger partial charge in [-0.1, -0.05) is 63.7 Å². The lowest BCUT2D eigenvalue weighted by Gasteiger charge is -2.55. The minimum absolute atomic E-state index is 0.117. The van der Waals surface area contributed by atoms with Crippen molar-refractivity contribution in [3.05, 3.63) is 23.3 Å². The Labute approximate surface area is 186 Å². The molecule has 1 N–H and O–H groups in total. The summed E-state index contributed by atoms with van der Waals surface area (Å²) in [7, 11) is -1.24. The van der Waals surface area contributed by atoms with E-state index in [0.29, 0.717) is 10.8 Å². The van der Waals surface area contributed by atoms with Gasteiger partial charge in [-0.05, 0) is 85.9 Å². The van der Waals surface area contributed by atoms with Crippen LogP contribution >= 0.6 is 0 Å². The molecule has 3 saturated carbocycles. The molecule has 0 amide bonds. The van der Waals surface area contributed by atoms with Gasteiger partial charge in [0.25, 0.3) is 0 Å². The predicted molar refractivity (Wildman–Crippen MR) is 131 cm³/mol. The van der Waals surface area contributed by atoms with E-state index >= 15 is 0 Å². The van der Waals surface area contributed by atoms with Crippen LogP contribution in [0.15, 0.2) is 23.3 Å². The Morgan fingerprint density at radius 1 is 1.07 bits per heavy atom. The van der Waals surface area contributed by atoms with Crippen LogP contribution in [0.25, 0.3) is 0 Å². The zero-order valence-electron chi connectivity index (χ0n) is 20.4. The van der Waals surface area contributed by atoms with Crippen molar-refractivity contribution in [2.24, 2.45) is 34.5 Å².